The van der Waals surface area contributed by atoms with Crippen LogP contribution in [0.4, 0.5) is 11.4 Å². The number of benzene rings is 2. The Hall–Kier alpha value is -2.62. The number of fused-ring (bicyclic) bond motifs is 5. The maximum atomic E-state index is 13.5. The molecule has 0 aliphatic carbocycles. The Labute approximate surface area is 140 Å². The summed E-state index contributed by atoms with van der Waals surface area (Å²) >= 11 is 0. The fraction of sp³-hybridized carbons (Fsp3) is 0.300. The summed E-state index contributed by atoms with van der Waals surface area (Å²) in [7, 11) is 0. The number of nitrogens with zero attached hydrogens (tertiary/aromatic N) is 1. The first-order valence-electron chi connectivity index (χ1n) is 8.52. The number of carbonyl (C=O) groups excluding carboxylic acids is 2. The van der Waals surface area contributed by atoms with Gasteiger partial charge in [-0.25, -0.2) is 0 Å². The van der Waals surface area contributed by atoms with Gasteiger partial charge >= 0.3 is 0 Å². The average Bonchev–Trinajstić information content (AvgIpc) is 3.10. The van der Waals surface area contributed by atoms with Crippen molar-refractivity contribution in [2.75, 3.05) is 16.8 Å². The third-order valence-electron chi connectivity index (χ3n) is 5.82. The van der Waals surface area contributed by atoms with Crippen molar-refractivity contribution in [2.24, 2.45) is 5.41 Å². The lowest BCUT2D eigenvalue weighted by Crippen LogP contribution is -2.61. The molecular weight excluding hydrogens is 300 g/mol. The molecule has 0 bridgehead atoms. The molecule has 1 N–H and O–H groups in total. The lowest BCUT2D eigenvalue weighted by atomic mass is 9.64. The highest BCUT2D eigenvalue weighted by atomic mass is 16.2. The summed E-state index contributed by atoms with van der Waals surface area (Å²) in [6.45, 7) is 0.908. The fourth-order valence-corrected chi connectivity index (χ4v) is 4.76. The van der Waals surface area contributed by atoms with E-state index in [2.05, 4.69) is 16.3 Å². The first-order valence-corrected chi connectivity index (χ1v) is 8.52. The molecule has 24 heavy (non-hydrogen) atoms. The van der Waals surface area contributed by atoms with Crippen molar-refractivity contribution >= 4 is 23.1 Å². The van der Waals surface area contributed by atoms with Crippen molar-refractivity contribution in [2.45, 2.75) is 25.3 Å². The number of Topliss-reactive ketones (excluding diaryl/α,β-unsaturated/α-hetero) is 1. The summed E-state index contributed by atoms with van der Waals surface area (Å²) in [5, 5.41) is 3.01. The van der Waals surface area contributed by atoms with Gasteiger partial charge in [-0.1, -0.05) is 30.3 Å². The molecule has 3 heterocycles. The molecule has 1 spiro atoms. The predicted molar refractivity (Wildman–Crippen MR) is 92.3 cm³/mol. The molecule has 120 valence electrons. The molecule has 4 nitrogen and oxygen atoms in total. The average molecular weight is 318 g/mol. The summed E-state index contributed by atoms with van der Waals surface area (Å²) in [4.78, 5) is 28.9. The second-order valence-electron chi connectivity index (χ2n) is 6.96. The van der Waals surface area contributed by atoms with Crippen LogP contribution in [0, 0.1) is 5.41 Å². The van der Waals surface area contributed by atoms with Crippen LogP contribution in [0.1, 0.15) is 28.8 Å². The molecule has 2 aromatic rings. The topological polar surface area (TPSA) is 49.4 Å². The number of para-hydroxylation sites is 2. The number of ketones is 1. The standard InChI is InChI=1S/C20H18N2O2/c23-18-14-7-2-3-8-15(14)21-19(24)20(18)12-13-6-1-4-9-16(13)22-11-5-10-17(20)22/h1-4,6-9,17H,5,10-12H2,(H,21,24)/t17-,20-/m1/s1. The van der Waals surface area contributed by atoms with Crippen molar-refractivity contribution in [3.8, 4) is 0 Å². The summed E-state index contributed by atoms with van der Waals surface area (Å²) in [5.41, 5.74) is 2.56. The number of rotatable bonds is 0. The van der Waals surface area contributed by atoms with Crippen molar-refractivity contribution < 1.29 is 9.59 Å². The Balaban J connectivity index is 1.73. The number of hydrogen-bond donors (Lipinski definition) is 1. The molecule has 0 unspecified atom stereocenters. The maximum absolute atomic E-state index is 13.5. The summed E-state index contributed by atoms with van der Waals surface area (Å²) in [5.74, 6) is -0.161. The lowest BCUT2D eigenvalue weighted by Gasteiger charge is -2.48. The molecule has 2 aromatic carbocycles. The van der Waals surface area contributed by atoms with Crippen LogP contribution in [0.5, 0.6) is 0 Å². The van der Waals surface area contributed by atoms with Crippen molar-refractivity contribution in [1.29, 1.82) is 0 Å². The van der Waals surface area contributed by atoms with Crippen molar-refractivity contribution in [3.05, 3.63) is 59.7 Å². The molecular formula is C20H18N2O2. The van der Waals surface area contributed by atoms with E-state index in [-0.39, 0.29) is 17.7 Å². The zero-order chi connectivity index (χ0) is 16.3. The van der Waals surface area contributed by atoms with E-state index in [1.54, 1.807) is 6.07 Å². The van der Waals surface area contributed by atoms with E-state index >= 15 is 0 Å². The largest absolute Gasteiger partial charge is 0.367 e. The normalized spacial score (nSPS) is 27.5. The van der Waals surface area contributed by atoms with Crippen LogP contribution in [0.25, 0.3) is 0 Å². The molecule has 5 rings (SSSR count). The highest BCUT2D eigenvalue weighted by molar-refractivity contribution is 6.25. The van der Waals surface area contributed by atoms with E-state index < -0.39 is 5.41 Å². The number of nitrogens with one attached hydrogen (secondary N) is 1. The van der Waals surface area contributed by atoms with Gasteiger partial charge in [-0.15, -0.1) is 0 Å². The van der Waals surface area contributed by atoms with Crippen LogP contribution in [0.15, 0.2) is 48.5 Å². The fourth-order valence-electron chi connectivity index (χ4n) is 4.76. The van der Waals surface area contributed by atoms with Gasteiger partial charge in [0.25, 0.3) is 0 Å². The van der Waals surface area contributed by atoms with E-state index in [0.717, 1.165) is 24.9 Å². The highest BCUT2D eigenvalue weighted by Crippen LogP contribution is 2.50. The summed E-state index contributed by atoms with van der Waals surface area (Å²) in [6.07, 6.45) is 2.39. The van der Waals surface area contributed by atoms with E-state index in [0.29, 0.717) is 17.7 Å². The zero-order valence-corrected chi connectivity index (χ0v) is 13.3. The Morgan fingerprint density at radius 2 is 1.83 bits per heavy atom. The minimum absolute atomic E-state index is 0.0201. The van der Waals surface area contributed by atoms with Crippen LogP contribution < -0.4 is 10.2 Å². The van der Waals surface area contributed by atoms with E-state index in [1.165, 1.54) is 5.69 Å². The highest BCUT2D eigenvalue weighted by Gasteiger charge is 2.59. The van der Waals surface area contributed by atoms with Gasteiger partial charge in [0.05, 0.1) is 11.7 Å². The predicted octanol–water partition coefficient (Wildman–Crippen LogP) is 3.03. The molecule has 1 amide bonds. The van der Waals surface area contributed by atoms with Gasteiger partial charge in [0.1, 0.15) is 5.41 Å². The minimum atomic E-state index is -1.00. The molecule has 1 saturated heterocycles. The van der Waals surface area contributed by atoms with Crippen LogP contribution >= 0.6 is 0 Å². The first kappa shape index (κ1) is 13.8. The lowest BCUT2D eigenvalue weighted by molar-refractivity contribution is -0.124. The van der Waals surface area contributed by atoms with Gasteiger partial charge in [-0.2, -0.15) is 0 Å². The first-order chi connectivity index (χ1) is 11.7. The monoisotopic (exact) mass is 318 g/mol. The number of carbonyl (C=O) groups is 2. The van der Waals surface area contributed by atoms with Crippen LogP contribution in [-0.2, 0) is 11.2 Å². The van der Waals surface area contributed by atoms with Gasteiger partial charge < -0.3 is 10.2 Å². The SMILES string of the molecule is O=C1Nc2ccccc2C(=O)[C@]12Cc1ccccc1N1CCC[C@@H]12. The molecule has 4 heteroatoms. The second kappa shape index (κ2) is 4.69. The van der Waals surface area contributed by atoms with E-state index in [1.807, 2.05) is 36.4 Å². The van der Waals surface area contributed by atoms with Gasteiger partial charge in [-0.3, -0.25) is 9.59 Å². The van der Waals surface area contributed by atoms with Crippen LogP contribution in [0.2, 0.25) is 0 Å². The van der Waals surface area contributed by atoms with Gasteiger partial charge in [-0.05, 0) is 43.0 Å². The summed E-state index contributed by atoms with van der Waals surface area (Å²) in [6, 6.07) is 15.5. The minimum Gasteiger partial charge on any atom is -0.367 e. The molecule has 3 aliphatic rings. The van der Waals surface area contributed by atoms with Crippen molar-refractivity contribution in [1.82, 2.24) is 0 Å². The van der Waals surface area contributed by atoms with Crippen LogP contribution in [-0.4, -0.2) is 24.3 Å². The van der Waals surface area contributed by atoms with Gasteiger partial charge in [0.15, 0.2) is 5.78 Å². The number of hydrogen-bond acceptors (Lipinski definition) is 3. The third-order valence-corrected chi connectivity index (χ3v) is 5.82. The molecule has 3 aliphatic heterocycles. The second-order valence-corrected chi connectivity index (χ2v) is 6.96. The van der Waals surface area contributed by atoms with Gasteiger partial charge in [0, 0.05) is 17.8 Å². The molecule has 1 fully saturated rings. The molecule has 0 saturated carbocycles. The molecule has 2 atom stereocenters. The van der Waals surface area contributed by atoms with E-state index in [4.69, 9.17) is 0 Å². The third kappa shape index (κ3) is 1.58. The molecule has 0 radical (unpaired) electrons. The van der Waals surface area contributed by atoms with Gasteiger partial charge in [0.2, 0.25) is 5.91 Å². The maximum Gasteiger partial charge on any atom is 0.240 e. The van der Waals surface area contributed by atoms with E-state index in [9.17, 15) is 9.59 Å². The molecule has 0 aromatic heterocycles. The zero-order valence-electron chi connectivity index (χ0n) is 13.3. The smallest absolute Gasteiger partial charge is 0.240 e. The number of amides is 1. The Morgan fingerprint density at radius 1 is 1.04 bits per heavy atom. The Kier molecular flexibility index (Phi) is 2.70. The quantitative estimate of drug-likeness (QED) is 0.760. The van der Waals surface area contributed by atoms with Crippen molar-refractivity contribution in [3.63, 3.8) is 0 Å². The number of anilines is 2. The Bertz CT molecular complexity index is 875. The Morgan fingerprint density at radius 3 is 2.75 bits per heavy atom. The summed E-state index contributed by atoms with van der Waals surface area (Å²) < 4.78 is 0. The van der Waals surface area contributed by atoms with Crippen LogP contribution in [0.3, 0.4) is 0 Å².